The second-order valence-electron chi connectivity index (χ2n) is 6.21. The Morgan fingerprint density at radius 1 is 1.08 bits per heavy atom. The van der Waals surface area contributed by atoms with Gasteiger partial charge >= 0.3 is 0 Å². The van der Waals surface area contributed by atoms with E-state index in [0.717, 1.165) is 13.1 Å². The minimum absolute atomic E-state index is 0.141. The van der Waals surface area contributed by atoms with Crippen molar-refractivity contribution in [3.8, 4) is 5.75 Å². The Kier molecular flexibility index (Phi) is 5.48. The third-order valence-corrected chi connectivity index (χ3v) is 4.38. The Morgan fingerprint density at radius 2 is 1.77 bits per heavy atom. The molecule has 0 spiro atoms. The van der Waals surface area contributed by atoms with E-state index in [2.05, 4.69) is 15.2 Å². The number of carbonyl (C=O) groups excluding carboxylic acids is 2. The molecule has 1 fully saturated rings. The number of hydrogen-bond donors (Lipinski definition) is 1. The van der Waals surface area contributed by atoms with Crippen LogP contribution in [0.1, 0.15) is 20.8 Å². The summed E-state index contributed by atoms with van der Waals surface area (Å²) in [4.78, 5) is 33.2. The molecule has 3 rings (SSSR count). The Labute approximate surface area is 152 Å². The molecule has 0 unspecified atom stereocenters. The predicted octanol–water partition coefficient (Wildman–Crippen LogP) is 1.73. The largest absolute Gasteiger partial charge is 0.497 e. The summed E-state index contributed by atoms with van der Waals surface area (Å²) >= 11 is 0. The average molecular weight is 354 g/mol. The van der Waals surface area contributed by atoms with Crippen molar-refractivity contribution in [3.63, 3.8) is 0 Å². The Morgan fingerprint density at radius 3 is 2.42 bits per heavy atom. The first-order valence-electron chi connectivity index (χ1n) is 8.46. The normalized spacial score (nSPS) is 14.8. The molecule has 2 heterocycles. The number of amides is 2. The van der Waals surface area contributed by atoms with Crippen LogP contribution < -0.4 is 10.1 Å². The van der Waals surface area contributed by atoms with Gasteiger partial charge in [0.2, 0.25) is 0 Å². The highest BCUT2D eigenvalue weighted by Gasteiger charge is 2.22. The lowest BCUT2D eigenvalue weighted by atomic mass is 10.2. The first-order chi connectivity index (χ1) is 12.6. The third kappa shape index (κ3) is 4.18. The van der Waals surface area contributed by atoms with Crippen LogP contribution in [-0.4, -0.2) is 66.9 Å². The van der Waals surface area contributed by atoms with Crippen LogP contribution in [-0.2, 0) is 0 Å². The van der Waals surface area contributed by atoms with Crippen LogP contribution in [0.5, 0.6) is 5.75 Å². The molecule has 7 heteroatoms. The maximum atomic E-state index is 12.6. The number of ether oxygens (including phenoxy) is 1. The highest BCUT2D eigenvalue weighted by molar-refractivity contribution is 6.05. The fourth-order valence-electron chi connectivity index (χ4n) is 2.74. The van der Waals surface area contributed by atoms with E-state index in [1.54, 1.807) is 48.4 Å². The molecule has 136 valence electrons. The van der Waals surface area contributed by atoms with E-state index in [-0.39, 0.29) is 17.5 Å². The highest BCUT2D eigenvalue weighted by Crippen LogP contribution is 2.16. The number of pyridine rings is 1. The van der Waals surface area contributed by atoms with Crippen molar-refractivity contribution in [2.45, 2.75) is 0 Å². The fraction of sp³-hybridized carbons (Fsp3) is 0.316. The summed E-state index contributed by atoms with van der Waals surface area (Å²) in [7, 11) is 3.62. The van der Waals surface area contributed by atoms with Gasteiger partial charge in [0.1, 0.15) is 11.4 Å². The van der Waals surface area contributed by atoms with Crippen LogP contribution in [0.2, 0.25) is 0 Å². The highest BCUT2D eigenvalue weighted by atomic mass is 16.5. The van der Waals surface area contributed by atoms with E-state index in [9.17, 15) is 9.59 Å². The molecule has 1 N–H and O–H groups in total. The molecule has 0 atom stereocenters. The van der Waals surface area contributed by atoms with Gasteiger partial charge in [-0.25, -0.2) is 0 Å². The van der Waals surface area contributed by atoms with Gasteiger partial charge in [-0.15, -0.1) is 0 Å². The van der Waals surface area contributed by atoms with Crippen molar-refractivity contribution in [3.05, 3.63) is 53.9 Å². The molecule has 2 amide bonds. The van der Waals surface area contributed by atoms with Gasteiger partial charge < -0.3 is 19.9 Å². The molecule has 1 aromatic heterocycles. The number of rotatable bonds is 4. The number of nitrogens with zero attached hydrogens (tertiary/aromatic N) is 3. The van der Waals surface area contributed by atoms with E-state index in [1.165, 1.54) is 6.20 Å². The molecule has 26 heavy (non-hydrogen) atoms. The van der Waals surface area contributed by atoms with E-state index < -0.39 is 0 Å². The molecule has 7 nitrogen and oxygen atoms in total. The second kappa shape index (κ2) is 7.97. The zero-order valence-electron chi connectivity index (χ0n) is 14.9. The SMILES string of the molecule is COc1ccc(NC(=O)c2ccnc(C(=O)N3CCN(C)CC3)c2)cc1. The summed E-state index contributed by atoms with van der Waals surface area (Å²) < 4.78 is 5.10. The summed E-state index contributed by atoms with van der Waals surface area (Å²) in [5, 5.41) is 2.81. The van der Waals surface area contributed by atoms with Gasteiger partial charge in [-0.1, -0.05) is 0 Å². The van der Waals surface area contributed by atoms with Gasteiger partial charge in [-0.05, 0) is 43.4 Å². The number of benzene rings is 1. The zero-order chi connectivity index (χ0) is 18.5. The monoisotopic (exact) mass is 354 g/mol. The Balaban J connectivity index is 1.69. The van der Waals surface area contributed by atoms with Gasteiger partial charge in [-0.3, -0.25) is 14.6 Å². The minimum Gasteiger partial charge on any atom is -0.497 e. The summed E-state index contributed by atoms with van der Waals surface area (Å²) in [6.07, 6.45) is 1.49. The lowest BCUT2D eigenvalue weighted by Crippen LogP contribution is -2.47. The average Bonchev–Trinajstić information content (AvgIpc) is 2.68. The predicted molar refractivity (Wildman–Crippen MR) is 98.6 cm³/mol. The molecular formula is C19H22N4O3. The first-order valence-corrected chi connectivity index (χ1v) is 8.46. The van der Waals surface area contributed by atoms with Gasteiger partial charge in [0, 0.05) is 43.6 Å². The van der Waals surface area contributed by atoms with Gasteiger partial charge in [0.05, 0.1) is 7.11 Å². The summed E-state index contributed by atoms with van der Waals surface area (Å²) in [5.74, 6) is 0.286. The minimum atomic E-state index is -0.287. The number of aromatic nitrogens is 1. The van der Waals surface area contributed by atoms with Crippen LogP contribution >= 0.6 is 0 Å². The number of likely N-dealkylation sites (N-methyl/N-ethyl adjacent to an activating group) is 1. The molecule has 1 saturated heterocycles. The number of piperazine rings is 1. The van der Waals surface area contributed by atoms with Gasteiger partial charge in [-0.2, -0.15) is 0 Å². The first kappa shape index (κ1) is 17.9. The topological polar surface area (TPSA) is 74.8 Å². The summed E-state index contributed by atoms with van der Waals surface area (Å²) in [5.41, 5.74) is 1.34. The van der Waals surface area contributed by atoms with Crippen molar-refractivity contribution in [2.24, 2.45) is 0 Å². The quantitative estimate of drug-likeness (QED) is 0.905. The molecule has 2 aromatic rings. The lowest BCUT2D eigenvalue weighted by Gasteiger charge is -2.32. The molecule has 0 aliphatic carbocycles. The van der Waals surface area contributed by atoms with E-state index >= 15 is 0 Å². The number of anilines is 1. The third-order valence-electron chi connectivity index (χ3n) is 4.38. The molecule has 0 radical (unpaired) electrons. The number of carbonyl (C=O) groups is 2. The zero-order valence-corrected chi connectivity index (χ0v) is 14.9. The van der Waals surface area contributed by atoms with Crippen molar-refractivity contribution in [1.29, 1.82) is 0 Å². The second-order valence-corrected chi connectivity index (χ2v) is 6.21. The maximum Gasteiger partial charge on any atom is 0.272 e. The van der Waals surface area contributed by atoms with Gasteiger partial charge in [0.15, 0.2) is 0 Å². The van der Waals surface area contributed by atoms with Crippen molar-refractivity contribution in [2.75, 3.05) is 45.7 Å². The summed E-state index contributed by atoms with van der Waals surface area (Å²) in [6.45, 7) is 3.01. The van der Waals surface area contributed by atoms with E-state index in [0.29, 0.717) is 30.1 Å². The molecule has 1 aromatic carbocycles. The molecule has 1 aliphatic rings. The summed E-state index contributed by atoms with van der Waals surface area (Å²) in [6, 6.07) is 10.2. The molecule has 0 bridgehead atoms. The van der Waals surface area contributed by atoms with E-state index in [4.69, 9.17) is 4.74 Å². The standard InChI is InChI=1S/C19H22N4O3/c1-22-9-11-23(12-10-22)19(25)17-13-14(7-8-20-17)18(24)21-15-3-5-16(26-2)6-4-15/h3-8,13H,9-12H2,1-2H3,(H,21,24). The van der Waals surface area contributed by atoms with Crippen LogP contribution in [0.25, 0.3) is 0 Å². The van der Waals surface area contributed by atoms with Crippen LogP contribution in [0.4, 0.5) is 5.69 Å². The number of nitrogens with one attached hydrogen (secondary N) is 1. The van der Waals surface area contributed by atoms with Crippen molar-refractivity contribution in [1.82, 2.24) is 14.8 Å². The molecule has 1 aliphatic heterocycles. The van der Waals surface area contributed by atoms with Crippen LogP contribution in [0.15, 0.2) is 42.6 Å². The van der Waals surface area contributed by atoms with Gasteiger partial charge in [0.25, 0.3) is 11.8 Å². The number of methoxy groups -OCH3 is 1. The Bertz CT molecular complexity index is 784. The van der Waals surface area contributed by atoms with Crippen LogP contribution in [0, 0.1) is 0 Å². The molecule has 0 saturated carbocycles. The number of hydrogen-bond acceptors (Lipinski definition) is 5. The van der Waals surface area contributed by atoms with Crippen molar-refractivity contribution >= 4 is 17.5 Å². The Hall–Kier alpha value is -2.93. The molecular weight excluding hydrogens is 332 g/mol. The smallest absolute Gasteiger partial charge is 0.272 e. The maximum absolute atomic E-state index is 12.6. The van der Waals surface area contributed by atoms with Crippen molar-refractivity contribution < 1.29 is 14.3 Å². The lowest BCUT2D eigenvalue weighted by molar-refractivity contribution is 0.0658. The fourth-order valence-corrected chi connectivity index (χ4v) is 2.74. The van der Waals surface area contributed by atoms with E-state index in [1.807, 2.05) is 7.05 Å². The van der Waals surface area contributed by atoms with Crippen LogP contribution in [0.3, 0.4) is 0 Å².